The van der Waals surface area contributed by atoms with E-state index < -0.39 is 15.6 Å². The van der Waals surface area contributed by atoms with Gasteiger partial charge in [-0.2, -0.15) is 0 Å². The van der Waals surface area contributed by atoms with E-state index in [0.717, 1.165) is 56.3 Å². The van der Waals surface area contributed by atoms with Crippen molar-refractivity contribution in [2.24, 2.45) is 4.99 Å². The lowest BCUT2D eigenvalue weighted by molar-refractivity contribution is -0.131. The minimum Gasteiger partial charge on any atom is -0.337 e. The molecular formula is C37H43N7O5S. The Morgan fingerprint density at radius 2 is 1.80 bits per heavy atom. The van der Waals surface area contributed by atoms with Gasteiger partial charge in [-0.05, 0) is 62.8 Å². The molecule has 4 aromatic rings. The Bertz CT molecular complexity index is 2050. The molecule has 2 aromatic carbocycles. The summed E-state index contributed by atoms with van der Waals surface area (Å²) in [4.78, 5) is 44.3. The van der Waals surface area contributed by atoms with Crippen LogP contribution in [0.1, 0.15) is 90.4 Å². The second kappa shape index (κ2) is 14.1. The molecule has 0 saturated heterocycles. The normalized spacial score (nSPS) is 15.5. The van der Waals surface area contributed by atoms with Crippen LogP contribution in [0, 0.1) is 20.8 Å². The summed E-state index contributed by atoms with van der Waals surface area (Å²) in [7, 11) is -2.46. The standard InChI is InChI=1S/C37H43N7O5S/c1-6-7-14-33-40-37(17-10-11-18-37)36(46)44(33)22-27-15-16-29(28(19-27)23-43(5)35(45)31-21-38-24(2)20-39-31)30-12-8-9-13-32(30)50(47,48)42-34-25(3)26(4)41-49-34/h8-9,12-13,15-16,19-21,42H,6-7,10-11,14,17-18,22-23H2,1-5H3. The van der Waals surface area contributed by atoms with Crippen LogP contribution in [0.5, 0.6) is 0 Å². The van der Waals surface area contributed by atoms with Crippen molar-refractivity contribution >= 4 is 33.6 Å². The molecule has 1 spiro atoms. The molecule has 2 aliphatic rings. The molecule has 0 unspecified atom stereocenters. The summed E-state index contributed by atoms with van der Waals surface area (Å²) >= 11 is 0. The third-order valence-corrected chi connectivity index (χ3v) is 11.0. The fourth-order valence-corrected chi connectivity index (χ4v) is 7.93. The first-order valence-electron chi connectivity index (χ1n) is 17.0. The van der Waals surface area contributed by atoms with Crippen LogP contribution < -0.4 is 4.72 Å². The zero-order valence-corrected chi connectivity index (χ0v) is 30.0. The molecule has 2 aromatic heterocycles. The van der Waals surface area contributed by atoms with Gasteiger partial charge in [0.25, 0.3) is 21.8 Å². The fourth-order valence-electron chi connectivity index (χ4n) is 6.66. The summed E-state index contributed by atoms with van der Waals surface area (Å²) in [6.07, 6.45) is 9.15. The second-order valence-corrected chi connectivity index (χ2v) is 14.9. The Morgan fingerprint density at radius 3 is 2.48 bits per heavy atom. The lowest BCUT2D eigenvalue weighted by Gasteiger charge is -2.24. The predicted octanol–water partition coefficient (Wildman–Crippen LogP) is 6.37. The summed E-state index contributed by atoms with van der Waals surface area (Å²) in [6.45, 7) is 7.85. The van der Waals surface area contributed by atoms with Gasteiger partial charge in [-0.25, -0.2) is 18.1 Å². The average Bonchev–Trinajstić information content (AvgIpc) is 3.78. The summed E-state index contributed by atoms with van der Waals surface area (Å²) in [5, 5.41) is 3.88. The summed E-state index contributed by atoms with van der Waals surface area (Å²) in [5.41, 5.74) is 4.01. The smallest absolute Gasteiger partial charge is 0.274 e. The number of rotatable bonds is 12. The van der Waals surface area contributed by atoms with Gasteiger partial charge in [0.2, 0.25) is 5.88 Å². The van der Waals surface area contributed by atoms with Crippen LogP contribution >= 0.6 is 0 Å². The number of hydrogen-bond donors (Lipinski definition) is 1. The van der Waals surface area contributed by atoms with Gasteiger partial charge in [0.15, 0.2) is 0 Å². The van der Waals surface area contributed by atoms with Crippen molar-refractivity contribution in [3.05, 3.63) is 88.6 Å². The molecule has 1 saturated carbocycles. The number of nitrogens with zero attached hydrogens (tertiary/aromatic N) is 6. The molecule has 0 bridgehead atoms. The van der Waals surface area contributed by atoms with Gasteiger partial charge in [0.1, 0.15) is 17.1 Å². The number of aryl methyl sites for hydroxylation is 2. The van der Waals surface area contributed by atoms with Gasteiger partial charge in [0.05, 0.1) is 29.0 Å². The third kappa shape index (κ3) is 6.91. The third-order valence-electron chi connectivity index (χ3n) is 9.60. The number of aromatic nitrogens is 3. The Labute approximate surface area is 293 Å². The lowest BCUT2D eigenvalue weighted by Crippen LogP contribution is -2.40. The van der Waals surface area contributed by atoms with Gasteiger partial charge in [-0.1, -0.05) is 67.7 Å². The topological polar surface area (TPSA) is 151 Å². The van der Waals surface area contributed by atoms with E-state index in [1.54, 1.807) is 52.2 Å². The molecule has 1 N–H and O–H groups in total. The number of unbranched alkanes of at least 4 members (excludes halogenated alkanes) is 1. The van der Waals surface area contributed by atoms with E-state index >= 15 is 0 Å². The maximum atomic E-state index is 13.9. The molecule has 12 nitrogen and oxygen atoms in total. The summed E-state index contributed by atoms with van der Waals surface area (Å²) in [6, 6.07) is 12.4. The van der Waals surface area contributed by atoms with Gasteiger partial charge in [0, 0.05) is 37.3 Å². The van der Waals surface area contributed by atoms with E-state index in [-0.39, 0.29) is 34.8 Å². The lowest BCUT2D eigenvalue weighted by atomic mass is 9.96. The van der Waals surface area contributed by atoms with Crippen molar-refractivity contribution in [3.8, 4) is 11.1 Å². The SMILES string of the molecule is CCCCC1=NC2(CCCC2)C(=O)N1Cc1ccc(-c2ccccc2S(=O)(=O)Nc2onc(C)c2C)c(CN(C)C(=O)c2cnc(C)cn2)c1. The zero-order chi connectivity index (χ0) is 35.6. The number of anilines is 1. The number of hydrogen-bond acceptors (Lipinski definition) is 9. The molecule has 1 aliphatic carbocycles. The Balaban J connectivity index is 1.39. The van der Waals surface area contributed by atoms with E-state index in [1.807, 2.05) is 23.1 Å². The van der Waals surface area contributed by atoms with Crippen LogP contribution in [0.3, 0.4) is 0 Å². The molecular weight excluding hydrogens is 655 g/mol. The molecule has 0 radical (unpaired) electrons. The number of carbonyl (C=O) groups is 2. The molecule has 3 heterocycles. The maximum Gasteiger partial charge on any atom is 0.274 e. The van der Waals surface area contributed by atoms with Crippen molar-refractivity contribution in [2.45, 2.75) is 96.2 Å². The quantitative estimate of drug-likeness (QED) is 0.179. The molecule has 6 rings (SSSR count). The summed E-state index contributed by atoms with van der Waals surface area (Å²) in [5.74, 6) is 0.597. The zero-order valence-electron chi connectivity index (χ0n) is 29.2. The minimum atomic E-state index is -4.13. The summed E-state index contributed by atoms with van der Waals surface area (Å²) < 4.78 is 35.5. The van der Waals surface area contributed by atoms with E-state index in [4.69, 9.17) is 9.52 Å². The van der Waals surface area contributed by atoms with Crippen LogP contribution in [0.2, 0.25) is 0 Å². The predicted molar refractivity (Wildman–Crippen MR) is 190 cm³/mol. The van der Waals surface area contributed by atoms with Crippen LogP contribution in [-0.4, -0.2) is 63.6 Å². The molecule has 1 fully saturated rings. The number of carbonyl (C=O) groups excluding carboxylic acids is 2. The monoisotopic (exact) mass is 697 g/mol. The van der Waals surface area contributed by atoms with Gasteiger partial charge in [-0.3, -0.25) is 24.5 Å². The van der Waals surface area contributed by atoms with Crippen molar-refractivity contribution in [2.75, 3.05) is 11.8 Å². The van der Waals surface area contributed by atoms with Crippen LogP contribution in [0.25, 0.3) is 11.1 Å². The largest absolute Gasteiger partial charge is 0.337 e. The average molecular weight is 698 g/mol. The highest BCUT2D eigenvalue weighted by Crippen LogP contribution is 2.40. The maximum absolute atomic E-state index is 13.9. The van der Waals surface area contributed by atoms with Gasteiger partial charge < -0.3 is 9.42 Å². The van der Waals surface area contributed by atoms with Gasteiger partial charge >= 0.3 is 0 Å². The Hall–Kier alpha value is -4.91. The first kappa shape index (κ1) is 34.9. The number of nitrogens with one attached hydrogen (secondary N) is 1. The second-order valence-electron chi connectivity index (χ2n) is 13.3. The van der Waals surface area contributed by atoms with Gasteiger partial charge in [-0.15, -0.1) is 0 Å². The van der Waals surface area contributed by atoms with E-state index in [9.17, 15) is 18.0 Å². The van der Waals surface area contributed by atoms with Crippen LogP contribution in [-0.2, 0) is 27.9 Å². The number of amidine groups is 1. The van der Waals surface area contributed by atoms with Crippen molar-refractivity contribution in [1.29, 1.82) is 0 Å². The molecule has 262 valence electrons. The Kier molecular flexibility index (Phi) is 9.88. The number of aliphatic imine (C=N–C) groups is 1. The number of amides is 2. The number of benzene rings is 2. The van der Waals surface area contributed by atoms with E-state index in [2.05, 4.69) is 26.8 Å². The molecule has 13 heteroatoms. The fraction of sp³-hybridized carbons (Fsp3) is 0.405. The number of sulfonamides is 1. The van der Waals surface area contributed by atoms with Crippen LogP contribution in [0.15, 0.2) is 69.3 Å². The van der Waals surface area contributed by atoms with Crippen molar-refractivity contribution in [1.82, 2.24) is 24.9 Å². The van der Waals surface area contributed by atoms with Crippen molar-refractivity contribution in [3.63, 3.8) is 0 Å². The molecule has 0 atom stereocenters. The van der Waals surface area contributed by atoms with E-state index in [0.29, 0.717) is 40.2 Å². The highest BCUT2D eigenvalue weighted by atomic mass is 32.2. The van der Waals surface area contributed by atoms with Crippen LogP contribution in [0.4, 0.5) is 5.88 Å². The first-order chi connectivity index (χ1) is 23.9. The highest BCUT2D eigenvalue weighted by molar-refractivity contribution is 7.92. The molecule has 50 heavy (non-hydrogen) atoms. The molecule has 1 aliphatic heterocycles. The first-order valence-corrected chi connectivity index (χ1v) is 18.5. The molecule has 2 amide bonds. The highest BCUT2D eigenvalue weighted by Gasteiger charge is 2.49. The van der Waals surface area contributed by atoms with E-state index in [1.165, 1.54) is 17.2 Å². The van der Waals surface area contributed by atoms with Crippen molar-refractivity contribution < 1.29 is 22.5 Å². The Morgan fingerprint density at radius 1 is 1.04 bits per heavy atom. The minimum absolute atomic E-state index is 0.0349.